The van der Waals surface area contributed by atoms with Gasteiger partial charge in [0.15, 0.2) is 0 Å². The van der Waals surface area contributed by atoms with Gasteiger partial charge in [-0.05, 0) is 49.7 Å². The van der Waals surface area contributed by atoms with Gasteiger partial charge < -0.3 is 15.0 Å². The zero-order valence-corrected chi connectivity index (χ0v) is 22.4. The molecule has 1 N–H and O–H groups in total. The Balaban J connectivity index is 1.82. The largest absolute Gasteiger partial charge is 0.489 e. The normalized spacial score (nSPS) is 11.9. The average molecular weight is 542 g/mol. The molecule has 0 unspecified atom stereocenters. The number of ether oxygens (including phenoxy) is 1. The Hall–Kier alpha value is -3.92. The zero-order valence-electron chi connectivity index (χ0n) is 21.6. The lowest BCUT2D eigenvalue weighted by Crippen LogP contribution is -2.51. The lowest BCUT2D eigenvalue weighted by atomic mass is 10.1. The van der Waals surface area contributed by atoms with Crippen LogP contribution in [0, 0.1) is 5.82 Å². The number of hydrogen-bond donors (Lipinski definition) is 1. The number of anilines is 1. The number of amides is 2. The molecule has 3 aromatic rings. The minimum Gasteiger partial charge on any atom is -0.489 e. The molecule has 0 saturated heterocycles. The molecule has 0 radical (unpaired) electrons. The second-order valence-electron chi connectivity index (χ2n) is 8.72. The minimum absolute atomic E-state index is 0.201. The molecule has 3 aromatic carbocycles. The number of likely N-dealkylation sites (N-methyl/N-ethyl adjacent to an activating group) is 1. The van der Waals surface area contributed by atoms with E-state index in [4.69, 9.17) is 4.74 Å². The summed E-state index contributed by atoms with van der Waals surface area (Å²) < 4.78 is 46.5. The summed E-state index contributed by atoms with van der Waals surface area (Å²) in [6.07, 6.45) is 0.995. The molecule has 2 amide bonds. The number of halogens is 1. The van der Waals surface area contributed by atoms with Crippen LogP contribution in [0.4, 0.5) is 10.1 Å². The first-order chi connectivity index (χ1) is 18.1. The van der Waals surface area contributed by atoms with Crippen molar-refractivity contribution in [3.63, 3.8) is 0 Å². The minimum atomic E-state index is -3.88. The molecule has 38 heavy (non-hydrogen) atoms. The van der Waals surface area contributed by atoms with Crippen LogP contribution in [0.5, 0.6) is 5.75 Å². The van der Waals surface area contributed by atoms with Gasteiger partial charge in [0.05, 0.1) is 11.9 Å². The molecule has 0 heterocycles. The van der Waals surface area contributed by atoms with Crippen molar-refractivity contribution in [2.24, 2.45) is 0 Å². The monoisotopic (exact) mass is 541 g/mol. The number of hydrogen-bond acceptors (Lipinski definition) is 5. The highest BCUT2D eigenvalue weighted by atomic mass is 32.2. The van der Waals surface area contributed by atoms with Crippen molar-refractivity contribution in [2.45, 2.75) is 33.0 Å². The zero-order chi connectivity index (χ0) is 27.7. The van der Waals surface area contributed by atoms with Gasteiger partial charge in [-0.15, -0.1) is 0 Å². The highest BCUT2D eigenvalue weighted by molar-refractivity contribution is 7.92. The number of carbonyl (C=O) groups excluding carboxylic acids is 2. The average Bonchev–Trinajstić information content (AvgIpc) is 2.90. The Bertz CT molecular complexity index is 1330. The lowest BCUT2D eigenvalue weighted by Gasteiger charge is -2.31. The van der Waals surface area contributed by atoms with Crippen molar-refractivity contribution in [1.29, 1.82) is 0 Å². The third kappa shape index (κ3) is 7.79. The van der Waals surface area contributed by atoms with Crippen LogP contribution < -0.4 is 14.4 Å². The van der Waals surface area contributed by atoms with E-state index in [0.717, 1.165) is 16.1 Å². The smallest absolute Gasteiger partial charge is 0.244 e. The van der Waals surface area contributed by atoms with Crippen LogP contribution in [-0.2, 0) is 32.8 Å². The molecule has 0 saturated carbocycles. The van der Waals surface area contributed by atoms with Gasteiger partial charge in [-0.25, -0.2) is 12.8 Å². The summed E-state index contributed by atoms with van der Waals surface area (Å²) in [6.45, 7) is 3.19. The second-order valence-corrected chi connectivity index (χ2v) is 10.6. The predicted molar refractivity (Wildman–Crippen MR) is 145 cm³/mol. The Kier molecular flexibility index (Phi) is 9.84. The standard InChI is InChI=1S/C28H32FN3O5S/c1-4-30-28(34)21(2)31(18-23-12-8-9-13-26(23)29)27(33)19-32(38(3,35)36)24-14-16-25(17-15-24)37-20-22-10-6-5-7-11-22/h5-17,21H,4,18-20H2,1-3H3,(H,30,34)/t21-/m1/s1. The number of sulfonamides is 1. The lowest BCUT2D eigenvalue weighted by molar-refractivity contribution is -0.139. The molecule has 3 rings (SSSR count). The van der Waals surface area contributed by atoms with E-state index in [1.807, 2.05) is 30.3 Å². The molecule has 202 valence electrons. The summed E-state index contributed by atoms with van der Waals surface area (Å²) in [5, 5.41) is 2.65. The molecule has 8 nitrogen and oxygen atoms in total. The molecule has 0 fully saturated rings. The molecule has 0 aromatic heterocycles. The predicted octanol–water partition coefficient (Wildman–Crippen LogP) is 3.72. The fraction of sp³-hybridized carbons (Fsp3) is 0.286. The highest BCUT2D eigenvalue weighted by Crippen LogP contribution is 2.23. The molecule has 0 aliphatic heterocycles. The fourth-order valence-corrected chi connectivity index (χ4v) is 4.63. The Morgan fingerprint density at radius 3 is 2.21 bits per heavy atom. The summed E-state index contributed by atoms with van der Waals surface area (Å²) in [5.74, 6) is -1.08. The van der Waals surface area contributed by atoms with Gasteiger partial charge in [-0.2, -0.15) is 0 Å². The molecule has 10 heteroatoms. The first-order valence-corrected chi connectivity index (χ1v) is 14.0. The van der Waals surface area contributed by atoms with E-state index >= 15 is 0 Å². The third-order valence-corrected chi connectivity index (χ3v) is 7.01. The first-order valence-electron chi connectivity index (χ1n) is 12.1. The highest BCUT2D eigenvalue weighted by Gasteiger charge is 2.30. The summed E-state index contributed by atoms with van der Waals surface area (Å²) >= 11 is 0. The Morgan fingerprint density at radius 1 is 0.974 bits per heavy atom. The van der Waals surface area contributed by atoms with Crippen molar-refractivity contribution < 1.29 is 27.1 Å². The van der Waals surface area contributed by atoms with Crippen LogP contribution in [0.3, 0.4) is 0 Å². The molecule has 0 bridgehead atoms. The maximum Gasteiger partial charge on any atom is 0.244 e. The maximum atomic E-state index is 14.4. The Labute approximate surface area is 223 Å². The molecule has 0 aliphatic carbocycles. The summed E-state index contributed by atoms with van der Waals surface area (Å²) in [5.41, 5.74) is 1.45. The Morgan fingerprint density at radius 2 is 1.61 bits per heavy atom. The van der Waals surface area contributed by atoms with Crippen LogP contribution in [0.1, 0.15) is 25.0 Å². The van der Waals surface area contributed by atoms with Crippen LogP contribution >= 0.6 is 0 Å². The van der Waals surface area contributed by atoms with Gasteiger partial charge in [-0.1, -0.05) is 48.5 Å². The van der Waals surface area contributed by atoms with Crippen LogP contribution in [0.2, 0.25) is 0 Å². The fourth-order valence-electron chi connectivity index (χ4n) is 3.78. The van der Waals surface area contributed by atoms with Crippen molar-refractivity contribution in [1.82, 2.24) is 10.2 Å². The molecule has 1 atom stereocenters. The summed E-state index contributed by atoms with van der Waals surface area (Å²) in [6, 6.07) is 20.9. The number of carbonyl (C=O) groups is 2. The molecular formula is C28H32FN3O5S. The van der Waals surface area contributed by atoms with Crippen molar-refractivity contribution in [3.8, 4) is 5.75 Å². The SMILES string of the molecule is CCNC(=O)[C@@H](C)N(Cc1ccccc1F)C(=O)CN(c1ccc(OCc2ccccc2)cc1)S(C)(=O)=O. The van der Waals surface area contributed by atoms with Gasteiger partial charge in [0.2, 0.25) is 21.8 Å². The van der Waals surface area contributed by atoms with Crippen LogP contribution in [0.25, 0.3) is 0 Å². The van der Waals surface area contributed by atoms with Crippen LogP contribution in [0.15, 0.2) is 78.9 Å². The van der Waals surface area contributed by atoms with Gasteiger partial charge in [0, 0.05) is 18.7 Å². The molecule has 0 spiro atoms. The van der Waals surface area contributed by atoms with Gasteiger partial charge in [0.1, 0.15) is 30.8 Å². The van der Waals surface area contributed by atoms with Gasteiger partial charge >= 0.3 is 0 Å². The van der Waals surface area contributed by atoms with E-state index < -0.39 is 40.2 Å². The second kappa shape index (κ2) is 13.0. The summed E-state index contributed by atoms with van der Waals surface area (Å²) in [7, 11) is -3.88. The maximum absolute atomic E-state index is 14.4. The number of nitrogens with one attached hydrogen (secondary N) is 1. The quantitative estimate of drug-likeness (QED) is 0.377. The van der Waals surface area contributed by atoms with E-state index in [1.54, 1.807) is 37.3 Å². The van der Waals surface area contributed by atoms with E-state index in [1.165, 1.54) is 30.0 Å². The van der Waals surface area contributed by atoms with E-state index in [9.17, 15) is 22.4 Å². The van der Waals surface area contributed by atoms with E-state index in [-0.39, 0.29) is 17.8 Å². The molecular weight excluding hydrogens is 509 g/mol. The summed E-state index contributed by atoms with van der Waals surface area (Å²) in [4.78, 5) is 27.2. The topological polar surface area (TPSA) is 96.0 Å². The first kappa shape index (κ1) is 28.6. The van der Waals surface area contributed by atoms with Crippen molar-refractivity contribution in [2.75, 3.05) is 23.7 Å². The van der Waals surface area contributed by atoms with Gasteiger partial charge in [0.25, 0.3) is 0 Å². The van der Waals surface area contributed by atoms with Crippen molar-refractivity contribution >= 4 is 27.5 Å². The number of rotatable bonds is 12. The van der Waals surface area contributed by atoms with Crippen molar-refractivity contribution in [3.05, 3.63) is 95.8 Å². The van der Waals surface area contributed by atoms with E-state index in [2.05, 4.69) is 5.32 Å². The third-order valence-electron chi connectivity index (χ3n) is 5.87. The molecule has 0 aliphatic rings. The number of nitrogens with zero attached hydrogens (tertiary/aromatic N) is 2. The van der Waals surface area contributed by atoms with Gasteiger partial charge in [-0.3, -0.25) is 13.9 Å². The van der Waals surface area contributed by atoms with E-state index in [0.29, 0.717) is 18.9 Å². The van der Waals surface area contributed by atoms with Crippen LogP contribution in [-0.4, -0.2) is 50.5 Å². The number of benzene rings is 3.